The molecule has 106 valence electrons. The van der Waals surface area contributed by atoms with Crippen molar-refractivity contribution in [2.75, 3.05) is 0 Å². The summed E-state index contributed by atoms with van der Waals surface area (Å²) in [6.45, 7) is 0. The number of rotatable bonds is 2. The normalized spacial score (nSPS) is 58.2. The maximum Gasteiger partial charge on any atom is 0.146 e. The smallest absolute Gasteiger partial charge is 0.146 e. The summed E-state index contributed by atoms with van der Waals surface area (Å²) in [5.41, 5.74) is -0.176. The number of fused-ring (bicyclic) bond motifs is 1. The number of carbonyl (C=O) groups excluding carboxylic acids is 1. The van der Waals surface area contributed by atoms with Crippen LogP contribution in [0.4, 0.5) is 0 Å². The van der Waals surface area contributed by atoms with Crippen LogP contribution in [0, 0.1) is 51.8 Å². The molecule has 7 fully saturated rings. The van der Waals surface area contributed by atoms with Gasteiger partial charge in [0.2, 0.25) is 0 Å². The highest BCUT2D eigenvalue weighted by atomic mass is 16.1. The maximum absolute atomic E-state index is 13.5. The lowest BCUT2D eigenvalue weighted by Gasteiger charge is -2.58. The van der Waals surface area contributed by atoms with Gasteiger partial charge >= 0.3 is 0 Å². The van der Waals surface area contributed by atoms with E-state index in [0.717, 1.165) is 37.0 Å². The van der Waals surface area contributed by atoms with Gasteiger partial charge in [-0.25, -0.2) is 0 Å². The van der Waals surface area contributed by atoms with Gasteiger partial charge in [-0.3, -0.25) is 4.79 Å². The zero-order chi connectivity index (χ0) is 13.5. The molecule has 0 spiro atoms. The lowest BCUT2D eigenvalue weighted by Crippen LogP contribution is -2.56. The van der Waals surface area contributed by atoms with E-state index >= 15 is 0 Å². The Hall–Kier alpha value is -0.840. The highest BCUT2D eigenvalue weighted by Gasteiger charge is 2.67. The molecule has 0 aliphatic heterocycles. The average molecular weight is 269 g/mol. The summed E-state index contributed by atoms with van der Waals surface area (Å²) in [6, 6.07) is 2.49. The third-order valence-corrected chi connectivity index (χ3v) is 7.67. The summed E-state index contributed by atoms with van der Waals surface area (Å²) in [5, 5.41) is 9.46. The largest absolute Gasteiger partial charge is 0.298 e. The van der Waals surface area contributed by atoms with Crippen LogP contribution in [0.3, 0.4) is 0 Å². The van der Waals surface area contributed by atoms with Crippen LogP contribution in [0.2, 0.25) is 0 Å². The Morgan fingerprint density at radius 2 is 1.40 bits per heavy atom. The van der Waals surface area contributed by atoms with Crippen LogP contribution in [0.1, 0.15) is 57.8 Å². The molecule has 7 aliphatic carbocycles. The molecule has 0 aromatic rings. The minimum Gasteiger partial charge on any atom is -0.298 e. The summed E-state index contributed by atoms with van der Waals surface area (Å²) >= 11 is 0. The molecule has 7 rings (SSSR count). The number of nitriles is 1. The van der Waals surface area contributed by atoms with Gasteiger partial charge in [0.25, 0.3) is 0 Å². The van der Waals surface area contributed by atoms with E-state index < -0.39 is 0 Å². The van der Waals surface area contributed by atoms with Crippen molar-refractivity contribution >= 4 is 5.78 Å². The van der Waals surface area contributed by atoms with Gasteiger partial charge < -0.3 is 0 Å². The molecule has 1 atom stereocenters. The first kappa shape index (κ1) is 11.8. The zero-order valence-corrected chi connectivity index (χ0v) is 12.1. The fraction of sp³-hybridized carbons (Fsp3) is 0.889. The van der Waals surface area contributed by atoms with E-state index in [9.17, 15) is 10.1 Å². The Morgan fingerprint density at radius 3 is 1.90 bits per heavy atom. The number of carbonyl (C=O) groups is 1. The van der Waals surface area contributed by atoms with Gasteiger partial charge in [-0.05, 0) is 81.5 Å². The standard InChI is InChI=1S/C18H23NO/c19-10-15-4-14-8-18(15,9-14)16(20)17-5-11-1-12(6-17)3-13(2-11)7-17/h11-15H,1-9H2. The highest BCUT2D eigenvalue weighted by molar-refractivity contribution is 5.93. The van der Waals surface area contributed by atoms with Gasteiger partial charge in [-0.1, -0.05) is 0 Å². The minimum atomic E-state index is -0.189. The highest BCUT2D eigenvalue weighted by Crippen LogP contribution is 2.69. The van der Waals surface area contributed by atoms with E-state index in [1.54, 1.807) is 0 Å². The lowest BCUT2D eigenvalue weighted by atomic mass is 9.44. The summed E-state index contributed by atoms with van der Waals surface area (Å²) in [4.78, 5) is 13.5. The second kappa shape index (κ2) is 3.49. The predicted molar refractivity (Wildman–Crippen MR) is 74.5 cm³/mol. The molecular weight excluding hydrogens is 246 g/mol. The second-order valence-electron chi connectivity index (χ2n) is 8.87. The molecule has 0 N–H and O–H groups in total. The van der Waals surface area contributed by atoms with Gasteiger partial charge in [0.05, 0.1) is 12.0 Å². The second-order valence-corrected chi connectivity index (χ2v) is 8.87. The van der Waals surface area contributed by atoms with Crippen molar-refractivity contribution in [3.63, 3.8) is 0 Å². The van der Waals surface area contributed by atoms with Crippen LogP contribution < -0.4 is 0 Å². The number of nitrogens with zero attached hydrogens (tertiary/aromatic N) is 1. The molecule has 0 aromatic heterocycles. The molecule has 2 nitrogen and oxygen atoms in total. The number of ketones is 1. The lowest BCUT2D eigenvalue weighted by molar-refractivity contribution is -0.160. The fourth-order valence-electron chi connectivity index (χ4n) is 7.42. The molecule has 2 heteroatoms. The number of Topliss-reactive ketones (excluding diaryl/α,β-unsaturated/α-hetero) is 1. The first-order valence-electron chi connectivity index (χ1n) is 8.58. The van der Waals surface area contributed by atoms with E-state index in [1.165, 1.54) is 38.5 Å². The van der Waals surface area contributed by atoms with Crippen molar-refractivity contribution in [2.45, 2.75) is 57.8 Å². The summed E-state index contributed by atoms with van der Waals surface area (Å²) < 4.78 is 0. The van der Waals surface area contributed by atoms with Crippen LogP contribution >= 0.6 is 0 Å². The molecule has 7 saturated carbocycles. The summed E-state index contributed by atoms with van der Waals surface area (Å²) in [6.07, 6.45) is 10.8. The topological polar surface area (TPSA) is 40.9 Å². The van der Waals surface area contributed by atoms with Crippen molar-refractivity contribution in [3.05, 3.63) is 0 Å². The Labute approximate surface area is 120 Å². The maximum atomic E-state index is 13.5. The minimum absolute atomic E-state index is 0.0131. The Kier molecular flexibility index (Phi) is 2.05. The average Bonchev–Trinajstić information content (AvgIpc) is 2.90. The molecule has 7 aliphatic rings. The number of hydrogen-bond donors (Lipinski definition) is 0. The van der Waals surface area contributed by atoms with Crippen LogP contribution in [0.25, 0.3) is 0 Å². The first-order chi connectivity index (χ1) is 9.63. The SMILES string of the molecule is N#CC1CC2CC1(C(=O)C13CC4CC(CC(C4)C1)C3)C2. The van der Waals surface area contributed by atoms with E-state index in [2.05, 4.69) is 6.07 Å². The molecule has 0 aromatic carbocycles. The molecular formula is C18H23NO. The van der Waals surface area contributed by atoms with Crippen LogP contribution in [0.5, 0.6) is 0 Å². The molecule has 0 heterocycles. The van der Waals surface area contributed by atoms with E-state index in [0.29, 0.717) is 11.7 Å². The summed E-state index contributed by atoms with van der Waals surface area (Å²) in [7, 11) is 0. The fourth-order valence-corrected chi connectivity index (χ4v) is 7.42. The van der Waals surface area contributed by atoms with Crippen LogP contribution in [-0.4, -0.2) is 5.78 Å². The first-order valence-corrected chi connectivity index (χ1v) is 8.58. The van der Waals surface area contributed by atoms with Crippen molar-refractivity contribution in [1.29, 1.82) is 5.26 Å². The van der Waals surface area contributed by atoms with Crippen molar-refractivity contribution in [2.24, 2.45) is 40.4 Å². The molecule has 0 amide bonds. The van der Waals surface area contributed by atoms with Gasteiger partial charge in [0.15, 0.2) is 0 Å². The molecule has 6 bridgehead atoms. The van der Waals surface area contributed by atoms with Crippen molar-refractivity contribution in [3.8, 4) is 6.07 Å². The quantitative estimate of drug-likeness (QED) is 0.766. The monoisotopic (exact) mass is 269 g/mol. The Bertz CT molecular complexity index is 487. The van der Waals surface area contributed by atoms with E-state index in [1.807, 2.05) is 0 Å². The molecule has 0 radical (unpaired) electrons. The zero-order valence-electron chi connectivity index (χ0n) is 12.1. The molecule has 20 heavy (non-hydrogen) atoms. The van der Waals surface area contributed by atoms with Crippen LogP contribution in [0.15, 0.2) is 0 Å². The van der Waals surface area contributed by atoms with E-state index in [4.69, 9.17) is 0 Å². The van der Waals surface area contributed by atoms with Crippen molar-refractivity contribution < 1.29 is 4.79 Å². The van der Waals surface area contributed by atoms with Gasteiger partial charge in [-0.15, -0.1) is 0 Å². The summed E-state index contributed by atoms with van der Waals surface area (Å²) in [5.74, 6) is 3.80. The van der Waals surface area contributed by atoms with E-state index in [-0.39, 0.29) is 16.7 Å². The number of hydrogen-bond acceptors (Lipinski definition) is 2. The predicted octanol–water partition coefficient (Wildman–Crippen LogP) is 3.71. The van der Waals surface area contributed by atoms with Gasteiger partial charge in [-0.2, -0.15) is 5.26 Å². The van der Waals surface area contributed by atoms with Crippen molar-refractivity contribution in [1.82, 2.24) is 0 Å². The Morgan fingerprint density at radius 1 is 0.850 bits per heavy atom. The van der Waals surface area contributed by atoms with Crippen LogP contribution in [-0.2, 0) is 4.79 Å². The third-order valence-electron chi connectivity index (χ3n) is 7.67. The van der Waals surface area contributed by atoms with Gasteiger partial charge in [0, 0.05) is 10.8 Å². The van der Waals surface area contributed by atoms with Gasteiger partial charge in [0.1, 0.15) is 5.78 Å². The molecule has 1 unspecified atom stereocenters. The Balaban J connectivity index is 1.51. The molecule has 0 saturated heterocycles. The third kappa shape index (κ3) is 1.24.